The lowest BCUT2D eigenvalue weighted by atomic mass is 10.2. The molecule has 0 saturated carbocycles. The van der Waals surface area contributed by atoms with Crippen LogP contribution >= 0.6 is 0 Å². The van der Waals surface area contributed by atoms with Crippen LogP contribution in [0.3, 0.4) is 0 Å². The molecule has 1 aromatic rings. The predicted molar refractivity (Wildman–Crippen MR) is 66.6 cm³/mol. The minimum Gasteiger partial charge on any atom is -0.274 e. The van der Waals surface area contributed by atoms with Gasteiger partial charge in [-0.2, -0.15) is 0 Å². The van der Waals surface area contributed by atoms with Gasteiger partial charge in [-0.05, 0) is 25.0 Å². The van der Waals surface area contributed by atoms with Gasteiger partial charge in [-0.1, -0.05) is 20.3 Å². The Morgan fingerprint density at radius 2 is 2.18 bits per heavy atom. The van der Waals surface area contributed by atoms with Gasteiger partial charge in [0.05, 0.1) is 12.7 Å². The van der Waals surface area contributed by atoms with Crippen LogP contribution in [0, 0.1) is 0 Å². The predicted octanol–water partition coefficient (Wildman–Crippen LogP) is 2.45. The van der Waals surface area contributed by atoms with Gasteiger partial charge in [0.2, 0.25) is 0 Å². The largest absolute Gasteiger partial charge is 0.278 e. The van der Waals surface area contributed by atoms with E-state index >= 15 is 0 Å². The van der Waals surface area contributed by atoms with Crippen LogP contribution in [0.4, 0.5) is 0 Å². The van der Waals surface area contributed by atoms with E-state index in [0.29, 0.717) is 12.1 Å². The second-order valence-electron chi connectivity index (χ2n) is 3.84. The van der Waals surface area contributed by atoms with E-state index in [0.717, 1.165) is 25.0 Å². The van der Waals surface area contributed by atoms with Gasteiger partial charge in [-0.25, -0.2) is 5.06 Å². The molecule has 0 aliphatic rings. The van der Waals surface area contributed by atoms with Gasteiger partial charge in [-0.3, -0.25) is 14.6 Å². The molecule has 17 heavy (non-hydrogen) atoms. The number of carbonyl (C=O) groups is 1. The first kappa shape index (κ1) is 13.6. The summed E-state index contributed by atoms with van der Waals surface area (Å²) in [5, 5.41) is 1.38. The molecule has 0 fully saturated rings. The lowest BCUT2D eigenvalue weighted by Crippen LogP contribution is -2.31. The first-order valence-corrected chi connectivity index (χ1v) is 6.03. The van der Waals surface area contributed by atoms with E-state index in [1.807, 2.05) is 13.0 Å². The summed E-state index contributed by atoms with van der Waals surface area (Å²) in [5.41, 5.74) is 1.55. The Morgan fingerprint density at radius 3 is 2.65 bits per heavy atom. The highest BCUT2D eigenvalue weighted by atomic mass is 16.7. The molecule has 94 valence electrons. The maximum atomic E-state index is 12.0. The van der Waals surface area contributed by atoms with Crippen LogP contribution in [-0.4, -0.2) is 29.6 Å². The zero-order valence-electron chi connectivity index (χ0n) is 10.8. The molecular formula is C13H20N2O2. The van der Waals surface area contributed by atoms with Crippen LogP contribution in [0.25, 0.3) is 0 Å². The molecule has 4 nitrogen and oxygen atoms in total. The number of hydrogen-bond donors (Lipinski definition) is 0. The Balaban J connectivity index is 2.71. The SMILES string of the molecule is CCCCN(OC)C(=O)c1ccc(CC)nc1. The van der Waals surface area contributed by atoms with Gasteiger partial charge in [-0.15, -0.1) is 0 Å². The highest BCUT2D eigenvalue weighted by Gasteiger charge is 2.15. The molecule has 0 aromatic carbocycles. The number of unbranched alkanes of at least 4 members (excludes halogenated alkanes) is 1. The molecule has 0 unspecified atom stereocenters. The molecule has 0 bridgehead atoms. The number of rotatable bonds is 6. The lowest BCUT2D eigenvalue weighted by molar-refractivity contribution is -0.0955. The zero-order chi connectivity index (χ0) is 12.7. The van der Waals surface area contributed by atoms with Gasteiger partial charge in [0.1, 0.15) is 0 Å². The second-order valence-corrected chi connectivity index (χ2v) is 3.84. The summed E-state index contributed by atoms with van der Waals surface area (Å²) in [7, 11) is 1.52. The summed E-state index contributed by atoms with van der Waals surface area (Å²) in [6.07, 6.45) is 4.44. The summed E-state index contributed by atoms with van der Waals surface area (Å²) < 4.78 is 0. The topological polar surface area (TPSA) is 42.4 Å². The van der Waals surface area contributed by atoms with E-state index in [9.17, 15) is 4.79 Å². The van der Waals surface area contributed by atoms with Crippen molar-refractivity contribution in [1.29, 1.82) is 0 Å². The van der Waals surface area contributed by atoms with Crippen LogP contribution in [0.2, 0.25) is 0 Å². The van der Waals surface area contributed by atoms with E-state index in [2.05, 4.69) is 11.9 Å². The van der Waals surface area contributed by atoms with E-state index in [1.165, 1.54) is 12.2 Å². The Labute approximate surface area is 103 Å². The lowest BCUT2D eigenvalue weighted by Gasteiger charge is -2.19. The first-order chi connectivity index (χ1) is 8.22. The third kappa shape index (κ3) is 3.82. The average molecular weight is 236 g/mol. The fourth-order valence-corrected chi connectivity index (χ4v) is 1.48. The Kier molecular flexibility index (Phi) is 5.63. The highest BCUT2D eigenvalue weighted by molar-refractivity contribution is 5.93. The number of hydroxylamine groups is 2. The standard InChI is InChI=1S/C13H20N2O2/c1-4-6-9-15(17-3)13(16)11-7-8-12(5-2)14-10-11/h7-8,10H,4-6,9H2,1-3H3. The smallest absolute Gasteiger partial charge is 0.274 e. The molecule has 4 heteroatoms. The van der Waals surface area contributed by atoms with E-state index in [-0.39, 0.29) is 5.91 Å². The van der Waals surface area contributed by atoms with Crippen molar-refractivity contribution in [2.75, 3.05) is 13.7 Å². The molecule has 1 aromatic heterocycles. The number of amides is 1. The fraction of sp³-hybridized carbons (Fsp3) is 0.538. The molecular weight excluding hydrogens is 216 g/mol. The minimum absolute atomic E-state index is 0.129. The van der Waals surface area contributed by atoms with Crippen LogP contribution in [-0.2, 0) is 11.3 Å². The number of aromatic nitrogens is 1. The number of aryl methyl sites for hydroxylation is 1. The Morgan fingerprint density at radius 1 is 1.41 bits per heavy atom. The van der Waals surface area contributed by atoms with E-state index in [1.54, 1.807) is 12.3 Å². The summed E-state index contributed by atoms with van der Waals surface area (Å²) in [5.74, 6) is -0.129. The second kappa shape index (κ2) is 7.01. The summed E-state index contributed by atoms with van der Waals surface area (Å²) >= 11 is 0. The van der Waals surface area contributed by atoms with Crippen molar-refractivity contribution >= 4 is 5.91 Å². The molecule has 0 N–H and O–H groups in total. The Hall–Kier alpha value is -1.42. The van der Waals surface area contributed by atoms with Crippen molar-refractivity contribution in [2.45, 2.75) is 33.1 Å². The van der Waals surface area contributed by atoms with Gasteiger partial charge >= 0.3 is 0 Å². The molecule has 1 amide bonds. The summed E-state index contributed by atoms with van der Waals surface area (Å²) in [4.78, 5) is 21.3. The first-order valence-electron chi connectivity index (χ1n) is 6.03. The molecule has 0 atom stereocenters. The van der Waals surface area contributed by atoms with Crippen molar-refractivity contribution in [3.05, 3.63) is 29.6 Å². The molecule has 0 aliphatic carbocycles. The third-order valence-corrected chi connectivity index (χ3v) is 2.60. The molecule has 0 spiro atoms. The van der Waals surface area contributed by atoms with Crippen molar-refractivity contribution in [1.82, 2.24) is 10.0 Å². The van der Waals surface area contributed by atoms with E-state index in [4.69, 9.17) is 4.84 Å². The fourth-order valence-electron chi connectivity index (χ4n) is 1.48. The molecule has 0 radical (unpaired) electrons. The molecule has 0 saturated heterocycles. The molecule has 0 aliphatic heterocycles. The number of hydrogen-bond acceptors (Lipinski definition) is 3. The highest BCUT2D eigenvalue weighted by Crippen LogP contribution is 2.07. The van der Waals surface area contributed by atoms with Crippen molar-refractivity contribution < 1.29 is 9.63 Å². The van der Waals surface area contributed by atoms with Crippen LogP contribution in [0.5, 0.6) is 0 Å². The minimum atomic E-state index is -0.129. The summed E-state index contributed by atoms with van der Waals surface area (Å²) in [6.45, 7) is 4.73. The maximum Gasteiger partial charge on any atom is 0.278 e. The van der Waals surface area contributed by atoms with Crippen LogP contribution in [0.1, 0.15) is 42.7 Å². The van der Waals surface area contributed by atoms with Gasteiger partial charge in [0.25, 0.3) is 5.91 Å². The quantitative estimate of drug-likeness (QED) is 0.712. The summed E-state index contributed by atoms with van der Waals surface area (Å²) in [6, 6.07) is 3.67. The zero-order valence-corrected chi connectivity index (χ0v) is 10.8. The maximum absolute atomic E-state index is 12.0. The van der Waals surface area contributed by atoms with Crippen molar-refractivity contribution in [3.63, 3.8) is 0 Å². The number of carbonyl (C=O) groups excluding carboxylic acids is 1. The molecule has 1 heterocycles. The third-order valence-electron chi connectivity index (χ3n) is 2.60. The number of nitrogens with zero attached hydrogens (tertiary/aromatic N) is 2. The molecule has 1 rings (SSSR count). The normalized spacial score (nSPS) is 10.3. The van der Waals surface area contributed by atoms with Crippen LogP contribution in [0.15, 0.2) is 18.3 Å². The Bertz CT molecular complexity index is 349. The van der Waals surface area contributed by atoms with Crippen LogP contribution < -0.4 is 0 Å². The van der Waals surface area contributed by atoms with Gasteiger partial charge in [0.15, 0.2) is 0 Å². The van der Waals surface area contributed by atoms with E-state index < -0.39 is 0 Å². The number of pyridine rings is 1. The van der Waals surface area contributed by atoms with Crippen molar-refractivity contribution in [3.8, 4) is 0 Å². The van der Waals surface area contributed by atoms with Crippen molar-refractivity contribution in [2.24, 2.45) is 0 Å². The monoisotopic (exact) mass is 236 g/mol. The average Bonchev–Trinajstić information content (AvgIpc) is 2.39. The van der Waals surface area contributed by atoms with Gasteiger partial charge < -0.3 is 0 Å². The van der Waals surface area contributed by atoms with Gasteiger partial charge in [0, 0.05) is 18.4 Å².